The minimum Gasteiger partial charge on any atom is -0.316 e. The highest BCUT2D eigenvalue weighted by Crippen LogP contribution is 1.99. The maximum absolute atomic E-state index is 12.4. The molecule has 0 fully saturated rings. The number of hydrogen-bond acceptors (Lipinski definition) is 2. The largest absolute Gasteiger partial charge is 0.316 e. The van der Waals surface area contributed by atoms with E-state index in [0.29, 0.717) is 0 Å². The van der Waals surface area contributed by atoms with E-state index < -0.39 is 0 Å². The van der Waals surface area contributed by atoms with Gasteiger partial charge in [0, 0.05) is 6.54 Å². The van der Waals surface area contributed by atoms with Crippen molar-refractivity contribution in [3.63, 3.8) is 0 Å². The lowest BCUT2D eigenvalue weighted by molar-refractivity contribution is 0.621. The van der Waals surface area contributed by atoms with E-state index in [1.165, 1.54) is 12.3 Å². The summed E-state index contributed by atoms with van der Waals surface area (Å²) in [7, 11) is 1.86. The highest BCUT2D eigenvalue weighted by atomic mass is 19.1. The highest BCUT2D eigenvalue weighted by Gasteiger charge is 1.88. The van der Waals surface area contributed by atoms with Crippen LogP contribution in [0.25, 0.3) is 6.08 Å². The Hall–Kier alpha value is -1.22. The van der Waals surface area contributed by atoms with Gasteiger partial charge in [0.25, 0.3) is 0 Å². The Morgan fingerprint density at radius 2 is 2.42 bits per heavy atom. The molecule has 1 rings (SSSR count). The van der Waals surface area contributed by atoms with Crippen LogP contribution in [0, 0.1) is 5.82 Å². The minimum atomic E-state index is -0.305. The quantitative estimate of drug-likeness (QED) is 0.735. The summed E-state index contributed by atoms with van der Waals surface area (Å²) in [6.07, 6.45) is 4.98. The summed E-state index contributed by atoms with van der Waals surface area (Å²) in [6, 6.07) is 3.04. The molecule has 0 saturated heterocycles. The van der Waals surface area contributed by atoms with Crippen molar-refractivity contribution in [1.29, 1.82) is 0 Å². The summed E-state index contributed by atoms with van der Waals surface area (Å²) in [4.78, 5) is 3.86. The van der Waals surface area contributed by atoms with Gasteiger partial charge in [-0.05, 0) is 25.3 Å². The summed E-state index contributed by atoms with van der Waals surface area (Å²) in [5.41, 5.74) is 0.770. The summed E-state index contributed by atoms with van der Waals surface area (Å²) in [5.74, 6) is -0.305. The van der Waals surface area contributed by atoms with Gasteiger partial charge < -0.3 is 5.32 Å². The number of likely N-dealkylation sites (N-methyl/N-ethyl adjacent to an activating group) is 1. The average molecular weight is 166 g/mol. The summed E-state index contributed by atoms with van der Waals surface area (Å²) < 4.78 is 12.4. The molecule has 0 bridgehead atoms. The van der Waals surface area contributed by atoms with E-state index in [0.717, 1.165) is 12.2 Å². The summed E-state index contributed by atoms with van der Waals surface area (Å²) in [6.45, 7) is 0.791. The zero-order valence-electron chi connectivity index (χ0n) is 6.92. The molecule has 0 saturated carbocycles. The van der Waals surface area contributed by atoms with Crippen molar-refractivity contribution in [1.82, 2.24) is 10.3 Å². The van der Waals surface area contributed by atoms with Crippen LogP contribution in [0.1, 0.15) is 5.69 Å². The summed E-state index contributed by atoms with van der Waals surface area (Å²) in [5, 5.41) is 2.96. The Morgan fingerprint density at radius 1 is 1.58 bits per heavy atom. The Bertz CT molecular complexity index is 254. The van der Waals surface area contributed by atoms with Gasteiger partial charge in [-0.2, -0.15) is 0 Å². The van der Waals surface area contributed by atoms with Gasteiger partial charge in [-0.3, -0.25) is 4.98 Å². The third kappa shape index (κ3) is 2.80. The van der Waals surface area contributed by atoms with E-state index in [1.807, 2.05) is 19.2 Å². The van der Waals surface area contributed by atoms with Crippen molar-refractivity contribution in [2.24, 2.45) is 0 Å². The number of halogens is 1. The molecule has 3 heteroatoms. The first-order chi connectivity index (χ1) is 5.83. The molecule has 0 aliphatic heterocycles. The van der Waals surface area contributed by atoms with Crippen LogP contribution in [-0.4, -0.2) is 18.6 Å². The van der Waals surface area contributed by atoms with E-state index in [9.17, 15) is 4.39 Å². The Morgan fingerprint density at radius 3 is 3.00 bits per heavy atom. The molecule has 64 valence electrons. The van der Waals surface area contributed by atoms with E-state index in [2.05, 4.69) is 10.3 Å². The average Bonchev–Trinajstić information content (AvgIpc) is 2.09. The molecule has 2 nitrogen and oxygen atoms in total. The maximum Gasteiger partial charge on any atom is 0.141 e. The lowest BCUT2D eigenvalue weighted by Crippen LogP contribution is -2.03. The first kappa shape index (κ1) is 8.87. The molecular formula is C9H11FN2. The smallest absolute Gasteiger partial charge is 0.141 e. The molecule has 0 amide bonds. The van der Waals surface area contributed by atoms with Gasteiger partial charge in [-0.15, -0.1) is 0 Å². The lowest BCUT2D eigenvalue weighted by Gasteiger charge is -1.91. The second kappa shape index (κ2) is 4.62. The molecule has 0 aromatic carbocycles. The van der Waals surface area contributed by atoms with E-state index in [4.69, 9.17) is 0 Å². The van der Waals surface area contributed by atoms with Gasteiger partial charge >= 0.3 is 0 Å². The van der Waals surface area contributed by atoms with Crippen LogP contribution in [0.4, 0.5) is 4.39 Å². The van der Waals surface area contributed by atoms with E-state index in [1.54, 1.807) is 6.07 Å². The summed E-state index contributed by atoms with van der Waals surface area (Å²) >= 11 is 0. The minimum absolute atomic E-state index is 0.305. The van der Waals surface area contributed by atoms with Crippen molar-refractivity contribution in [2.45, 2.75) is 0 Å². The first-order valence-electron chi connectivity index (χ1n) is 3.75. The number of nitrogens with one attached hydrogen (secondary N) is 1. The number of aromatic nitrogens is 1. The molecule has 1 aromatic rings. The number of nitrogens with zero attached hydrogens (tertiary/aromatic N) is 1. The zero-order chi connectivity index (χ0) is 8.81. The third-order valence-corrected chi connectivity index (χ3v) is 1.36. The highest BCUT2D eigenvalue weighted by molar-refractivity contribution is 5.43. The van der Waals surface area contributed by atoms with Gasteiger partial charge in [0.1, 0.15) is 5.82 Å². The van der Waals surface area contributed by atoms with Crippen molar-refractivity contribution < 1.29 is 4.39 Å². The van der Waals surface area contributed by atoms with Gasteiger partial charge in [0.2, 0.25) is 0 Å². The third-order valence-electron chi connectivity index (χ3n) is 1.36. The van der Waals surface area contributed by atoms with Gasteiger partial charge in [0.05, 0.1) is 11.9 Å². The predicted molar refractivity (Wildman–Crippen MR) is 47.2 cm³/mol. The van der Waals surface area contributed by atoms with Crippen molar-refractivity contribution in [3.8, 4) is 0 Å². The Labute approximate surface area is 71.1 Å². The van der Waals surface area contributed by atoms with Gasteiger partial charge in [-0.25, -0.2) is 4.39 Å². The molecule has 12 heavy (non-hydrogen) atoms. The molecule has 0 spiro atoms. The molecule has 0 aliphatic carbocycles. The van der Waals surface area contributed by atoms with Crippen LogP contribution in [0.5, 0.6) is 0 Å². The molecule has 1 aromatic heterocycles. The van der Waals surface area contributed by atoms with Crippen molar-refractivity contribution in [3.05, 3.63) is 35.9 Å². The normalized spacial score (nSPS) is 10.8. The first-order valence-corrected chi connectivity index (χ1v) is 3.75. The van der Waals surface area contributed by atoms with Crippen LogP contribution in [0.3, 0.4) is 0 Å². The molecule has 0 aliphatic rings. The molecule has 0 radical (unpaired) electrons. The fourth-order valence-electron chi connectivity index (χ4n) is 0.783. The predicted octanol–water partition coefficient (Wildman–Crippen LogP) is 1.45. The van der Waals surface area contributed by atoms with Crippen LogP contribution < -0.4 is 5.32 Å². The monoisotopic (exact) mass is 166 g/mol. The Kier molecular flexibility index (Phi) is 3.41. The molecule has 1 N–H and O–H groups in total. The second-order valence-corrected chi connectivity index (χ2v) is 2.36. The standard InChI is InChI=1S/C9H11FN2/c1-11-6-2-3-9-5-4-8(10)7-12-9/h2-5,7,11H,6H2,1H3. The van der Waals surface area contributed by atoms with Gasteiger partial charge in [-0.1, -0.05) is 6.08 Å². The van der Waals surface area contributed by atoms with Crippen molar-refractivity contribution in [2.75, 3.05) is 13.6 Å². The van der Waals surface area contributed by atoms with Crippen molar-refractivity contribution >= 4 is 6.08 Å². The molecule has 0 unspecified atom stereocenters. The number of pyridine rings is 1. The number of hydrogen-bond donors (Lipinski definition) is 1. The fraction of sp³-hybridized carbons (Fsp3) is 0.222. The SMILES string of the molecule is CNCC=Cc1ccc(F)cn1. The maximum atomic E-state index is 12.4. The molecule has 0 atom stereocenters. The number of rotatable bonds is 3. The zero-order valence-corrected chi connectivity index (χ0v) is 6.92. The van der Waals surface area contributed by atoms with E-state index in [-0.39, 0.29) is 5.82 Å². The van der Waals surface area contributed by atoms with Gasteiger partial charge in [0.15, 0.2) is 0 Å². The fourth-order valence-corrected chi connectivity index (χ4v) is 0.783. The van der Waals surface area contributed by atoms with Crippen LogP contribution >= 0.6 is 0 Å². The lowest BCUT2D eigenvalue weighted by atomic mass is 10.3. The Balaban J connectivity index is 2.58. The van der Waals surface area contributed by atoms with Crippen LogP contribution in [0.2, 0.25) is 0 Å². The molecule has 1 heterocycles. The topological polar surface area (TPSA) is 24.9 Å². The molecular weight excluding hydrogens is 155 g/mol. The van der Waals surface area contributed by atoms with E-state index >= 15 is 0 Å². The van der Waals surface area contributed by atoms with Crippen LogP contribution in [-0.2, 0) is 0 Å². The second-order valence-electron chi connectivity index (χ2n) is 2.36. The van der Waals surface area contributed by atoms with Crippen LogP contribution in [0.15, 0.2) is 24.4 Å².